The molecule has 116 valence electrons. The van der Waals surface area contributed by atoms with Crippen LogP contribution in [0.3, 0.4) is 0 Å². The molecule has 0 aromatic heterocycles. The Balaban J connectivity index is 1.73. The Bertz CT molecular complexity index is 302. The Kier molecular flexibility index (Phi) is 6.30. The average Bonchev–Trinajstić information content (AvgIpc) is 2.95. The molecule has 1 aliphatic heterocycles. The summed E-state index contributed by atoms with van der Waals surface area (Å²) in [6.45, 7) is 6.62. The van der Waals surface area contributed by atoms with Gasteiger partial charge < -0.3 is 14.8 Å². The van der Waals surface area contributed by atoms with Gasteiger partial charge in [-0.15, -0.1) is 0 Å². The van der Waals surface area contributed by atoms with Gasteiger partial charge in [0.1, 0.15) is 6.10 Å². The summed E-state index contributed by atoms with van der Waals surface area (Å²) in [5.41, 5.74) is 0. The van der Waals surface area contributed by atoms with E-state index in [1.165, 1.54) is 12.8 Å². The first-order valence-corrected chi connectivity index (χ1v) is 8.20. The van der Waals surface area contributed by atoms with Crippen LogP contribution in [0.5, 0.6) is 0 Å². The van der Waals surface area contributed by atoms with E-state index in [1.807, 2.05) is 6.92 Å². The highest BCUT2D eigenvalue weighted by molar-refractivity contribution is 5.80. The maximum absolute atomic E-state index is 12.2. The molecule has 1 N–H and O–H groups in total. The summed E-state index contributed by atoms with van der Waals surface area (Å²) in [5, 5.41) is 3.03. The second-order valence-electron chi connectivity index (χ2n) is 6.40. The van der Waals surface area contributed by atoms with Gasteiger partial charge in [-0.3, -0.25) is 4.79 Å². The van der Waals surface area contributed by atoms with Crippen LogP contribution in [-0.2, 0) is 14.3 Å². The lowest BCUT2D eigenvalue weighted by Gasteiger charge is -2.30. The van der Waals surface area contributed by atoms with E-state index in [0.29, 0.717) is 5.92 Å². The molecule has 0 unspecified atom stereocenters. The van der Waals surface area contributed by atoms with Gasteiger partial charge in [0.2, 0.25) is 5.91 Å². The zero-order chi connectivity index (χ0) is 14.4. The summed E-state index contributed by atoms with van der Waals surface area (Å²) in [6.07, 6.45) is 6.51. The van der Waals surface area contributed by atoms with Crippen molar-refractivity contribution in [2.75, 3.05) is 19.8 Å². The Labute approximate surface area is 122 Å². The summed E-state index contributed by atoms with van der Waals surface area (Å²) >= 11 is 0. The van der Waals surface area contributed by atoms with Crippen LogP contribution < -0.4 is 5.32 Å². The largest absolute Gasteiger partial charge is 0.381 e. The lowest BCUT2D eigenvalue weighted by atomic mass is 9.88. The molecule has 2 aliphatic rings. The molecule has 0 radical (unpaired) electrons. The number of nitrogens with one attached hydrogen (secondary N) is 1. The number of ether oxygens (including phenoxy) is 2. The molecule has 1 heterocycles. The maximum atomic E-state index is 12.2. The average molecular weight is 283 g/mol. The number of hydrogen-bond acceptors (Lipinski definition) is 3. The van der Waals surface area contributed by atoms with Crippen molar-refractivity contribution in [1.29, 1.82) is 0 Å². The molecule has 1 amide bonds. The van der Waals surface area contributed by atoms with Crippen molar-refractivity contribution in [3.05, 3.63) is 0 Å². The number of amides is 1. The molecule has 20 heavy (non-hydrogen) atoms. The molecule has 2 rings (SSSR count). The lowest BCUT2D eigenvalue weighted by Crippen LogP contribution is -2.41. The second kappa shape index (κ2) is 7.99. The van der Waals surface area contributed by atoms with Crippen LogP contribution in [0.1, 0.15) is 52.4 Å². The summed E-state index contributed by atoms with van der Waals surface area (Å²) in [5.74, 6) is 1.26. The SMILES string of the molecule is CC[C@H](O[C@@H]1CCC[C@H](C)C1)C(=O)NC[C@@H]1CCOC1. The van der Waals surface area contributed by atoms with Crippen LogP contribution in [0.2, 0.25) is 0 Å². The molecule has 2 fully saturated rings. The van der Waals surface area contributed by atoms with Gasteiger partial charge in [-0.1, -0.05) is 26.7 Å². The molecule has 0 spiro atoms. The van der Waals surface area contributed by atoms with E-state index in [1.54, 1.807) is 0 Å². The van der Waals surface area contributed by atoms with E-state index < -0.39 is 0 Å². The van der Waals surface area contributed by atoms with Crippen molar-refractivity contribution >= 4 is 5.91 Å². The van der Waals surface area contributed by atoms with Crippen LogP contribution in [0.25, 0.3) is 0 Å². The fourth-order valence-electron chi connectivity index (χ4n) is 3.18. The third-order valence-electron chi connectivity index (χ3n) is 4.50. The van der Waals surface area contributed by atoms with Crippen LogP contribution in [-0.4, -0.2) is 37.9 Å². The summed E-state index contributed by atoms with van der Waals surface area (Å²) in [7, 11) is 0. The Morgan fingerprint density at radius 2 is 2.25 bits per heavy atom. The fraction of sp³-hybridized carbons (Fsp3) is 0.938. The molecule has 4 atom stereocenters. The zero-order valence-electron chi connectivity index (χ0n) is 12.9. The van der Waals surface area contributed by atoms with Crippen molar-refractivity contribution in [1.82, 2.24) is 5.32 Å². The highest BCUT2D eigenvalue weighted by atomic mass is 16.5. The third-order valence-corrected chi connectivity index (χ3v) is 4.50. The predicted octanol–water partition coefficient (Wildman–Crippen LogP) is 2.51. The minimum Gasteiger partial charge on any atom is -0.381 e. The molecule has 4 heteroatoms. The van der Waals surface area contributed by atoms with E-state index in [-0.39, 0.29) is 18.1 Å². The van der Waals surface area contributed by atoms with Crippen molar-refractivity contribution < 1.29 is 14.3 Å². The smallest absolute Gasteiger partial charge is 0.249 e. The molecule has 0 aromatic carbocycles. The summed E-state index contributed by atoms with van der Waals surface area (Å²) < 4.78 is 11.4. The molecule has 0 bridgehead atoms. The zero-order valence-corrected chi connectivity index (χ0v) is 12.9. The van der Waals surface area contributed by atoms with E-state index in [2.05, 4.69) is 12.2 Å². The Morgan fingerprint density at radius 1 is 1.40 bits per heavy atom. The van der Waals surface area contributed by atoms with Crippen LogP contribution in [0.15, 0.2) is 0 Å². The Morgan fingerprint density at radius 3 is 2.90 bits per heavy atom. The first-order chi connectivity index (χ1) is 9.69. The number of carbonyl (C=O) groups is 1. The first-order valence-electron chi connectivity index (χ1n) is 8.20. The van der Waals surface area contributed by atoms with Crippen molar-refractivity contribution in [3.63, 3.8) is 0 Å². The van der Waals surface area contributed by atoms with E-state index >= 15 is 0 Å². The van der Waals surface area contributed by atoms with Crippen LogP contribution in [0, 0.1) is 11.8 Å². The quantitative estimate of drug-likeness (QED) is 0.815. The fourth-order valence-corrected chi connectivity index (χ4v) is 3.18. The van der Waals surface area contributed by atoms with Gasteiger partial charge in [0, 0.05) is 19.1 Å². The van der Waals surface area contributed by atoms with Gasteiger partial charge in [-0.25, -0.2) is 0 Å². The predicted molar refractivity (Wildman–Crippen MR) is 78.5 cm³/mol. The van der Waals surface area contributed by atoms with Crippen molar-refractivity contribution in [2.45, 2.75) is 64.6 Å². The molecule has 4 nitrogen and oxygen atoms in total. The van der Waals surface area contributed by atoms with Gasteiger partial charge in [-0.05, 0) is 31.6 Å². The molecule has 1 saturated carbocycles. The summed E-state index contributed by atoms with van der Waals surface area (Å²) in [4.78, 5) is 12.2. The lowest BCUT2D eigenvalue weighted by molar-refractivity contribution is -0.139. The highest BCUT2D eigenvalue weighted by Gasteiger charge is 2.26. The standard InChI is InChI=1S/C16H29NO3/c1-3-15(20-14-6-4-5-12(2)9-14)16(18)17-10-13-7-8-19-11-13/h12-15H,3-11H2,1-2H3,(H,17,18)/t12-,13-,14+,15-/m0/s1. The van der Waals surface area contributed by atoms with Crippen LogP contribution in [0.4, 0.5) is 0 Å². The van der Waals surface area contributed by atoms with Gasteiger partial charge in [-0.2, -0.15) is 0 Å². The molecular formula is C16H29NO3. The molecule has 1 saturated heterocycles. The topological polar surface area (TPSA) is 47.6 Å². The van der Waals surface area contributed by atoms with Crippen LogP contribution >= 0.6 is 0 Å². The first kappa shape index (κ1) is 15.8. The highest BCUT2D eigenvalue weighted by Crippen LogP contribution is 2.27. The van der Waals surface area contributed by atoms with E-state index in [0.717, 1.165) is 51.4 Å². The minimum atomic E-state index is -0.285. The third kappa shape index (κ3) is 4.74. The van der Waals surface area contributed by atoms with E-state index in [4.69, 9.17) is 9.47 Å². The number of rotatable bonds is 6. The van der Waals surface area contributed by atoms with Crippen molar-refractivity contribution in [3.8, 4) is 0 Å². The van der Waals surface area contributed by atoms with Gasteiger partial charge >= 0.3 is 0 Å². The molecule has 0 aromatic rings. The number of carbonyl (C=O) groups excluding carboxylic acids is 1. The minimum absolute atomic E-state index is 0.0534. The maximum Gasteiger partial charge on any atom is 0.249 e. The molecular weight excluding hydrogens is 254 g/mol. The van der Waals surface area contributed by atoms with Gasteiger partial charge in [0.15, 0.2) is 0 Å². The second-order valence-corrected chi connectivity index (χ2v) is 6.40. The molecule has 1 aliphatic carbocycles. The van der Waals surface area contributed by atoms with Crippen molar-refractivity contribution in [2.24, 2.45) is 11.8 Å². The number of hydrogen-bond donors (Lipinski definition) is 1. The normalized spacial score (nSPS) is 32.0. The van der Waals surface area contributed by atoms with Gasteiger partial charge in [0.05, 0.1) is 12.7 Å². The van der Waals surface area contributed by atoms with E-state index in [9.17, 15) is 4.79 Å². The van der Waals surface area contributed by atoms with Gasteiger partial charge in [0.25, 0.3) is 0 Å². The Hall–Kier alpha value is -0.610. The summed E-state index contributed by atoms with van der Waals surface area (Å²) in [6, 6.07) is 0. The monoisotopic (exact) mass is 283 g/mol.